The van der Waals surface area contributed by atoms with E-state index in [1.165, 1.54) is 4.40 Å². The van der Waals surface area contributed by atoms with E-state index in [4.69, 9.17) is 0 Å². The summed E-state index contributed by atoms with van der Waals surface area (Å²) in [4.78, 5) is 19.3. The molecule has 3 aromatic heterocycles. The fourth-order valence-electron chi connectivity index (χ4n) is 2.07. The molecule has 0 atom stereocenters. The molecule has 22 heavy (non-hydrogen) atoms. The van der Waals surface area contributed by atoms with Gasteiger partial charge in [-0.3, -0.25) is 9.20 Å². The largest absolute Gasteiger partial charge is 0.435 e. The second-order valence-corrected chi connectivity index (χ2v) is 5.83. The molecule has 0 aromatic carbocycles. The highest BCUT2D eigenvalue weighted by Gasteiger charge is 2.37. The maximum Gasteiger partial charge on any atom is 0.435 e. The van der Waals surface area contributed by atoms with Crippen molar-refractivity contribution in [2.45, 2.75) is 13.1 Å². The molecule has 0 fully saturated rings. The van der Waals surface area contributed by atoms with Gasteiger partial charge >= 0.3 is 6.18 Å². The summed E-state index contributed by atoms with van der Waals surface area (Å²) in [6.07, 6.45) is 0.826. The standard InChI is InChI=1S/C14H10F3N3OS/c1-8-7-20-10(4-5-11(21)9-3-2-6-18-9)12(14(15,16)17)19-13(20)22-8/h2-7,18H,1H3. The van der Waals surface area contributed by atoms with E-state index in [1.807, 2.05) is 0 Å². The number of aryl methyl sites for hydroxylation is 1. The van der Waals surface area contributed by atoms with Crippen LogP contribution in [0.3, 0.4) is 0 Å². The lowest BCUT2D eigenvalue weighted by molar-refractivity contribution is -0.140. The summed E-state index contributed by atoms with van der Waals surface area (Å²) < 4.78 is 40.5. The summed E-state index contributed by atoms with van der Waals surface area (Å²) in [5, 5.41) is 0. The number of hydrogen-bond donors (Lipinski definition) is 1. The molecule has 3 aromatic rings. The Bertz CT molecular complexity index is 856. The zero-order chi connectivity index (χ0) is 15.9. The number of H-pyrrole nitrogens is 1. The van der Waals surface area contributed by atoms with E-state index < -0.39 is 17.7 Å². The summed E-state index contributed by atoms with van der Waals surface area (Å²) in [5.74, 6) is -0.403. The first-order valence-electron chi connectivity index (χ1n) is 6.28. The molecule has 0 aliphatic carbocycles. The second kappa shape index (κ2) is 5.13. The summed E-state index contributed by atoms with van der Waals surface area (Å²) in [7, 11) is 0. The van der Waals surface area contributed by atoms with Crippen molar-refractivity contribution in [2.24, 2.45) is 0 Å². The molecular weight excluding hydrogens is 315 g/mol. The normalized spacial score (nSPS) is 12.5. The van der Waals surface area contributed by atoms with E-state index in [0.29, 0.717) is 5.69 Å². The Balaban J connectivity index is 2.06. The Kier molecular flexibility index (Phi) is 3.40. The number of rotatable bonds is 3. The highest BCUT2D eigenvalue weighted by atomic mass is 32.1. The fourth-order valence-corrected chi connectivity index (χ4v) is 2.90. The van der Waals surface area contributed by atoms with Gasteiger partial charge in [0.15, 0.2) is 10.7 Å². The van der Waals surface area contributed by atoms with Crippen LogP contribution in [-0.4, -0.2) is 20.2 Å². The van der Waals surface area contributed by atoms with Gasteiger partial charge < -0.3 is 4.98 Å². The zero-order valence-electron chi connectivity index (χ0n) is 11.3. The Morgan fingerprint density at radius 3 is 2.86 bits per heavy atom. The molecule has 0 spiro atoms. The Hall–Kier alpha value is -2.35. The molecule has 1 N–H and O–H groups in total. The Labute approximate surface area is 126 Å². The number of nitrogens with one attached hydrogen (secondary N) is 1. The number of fused-ring (bicyclic) bond motifs is 1. The second-order valence-electron chi connectivity index (χ2n) is 4.62. The first-order chi connectivity index (χ1) is 10.4. The lowest BCUT2D eigenvalue weighted by atomic mass is 10.2. The molecule has 0 bridgehead atoms. The molecule has 4 nitrogen and oxygen atoms in total. The number of imidazole rings is 1. The Morgan fingerprint density at radius 2 is 2.23 bits per heavy atom. The number of hydrogen-bond acceptors (Lipinski definition) is 3. The van der Waals surface area contributed by atoms with Gasteiger partial charge in [-0.15, -0.1) is 11.3 Å². The van der Waals surface area contributed by atoms with E-state index in [2.05, 4.69) is 9.97 Å². The first-order valence-corrected chi connectivity index (χ1v) is 7.09. The zero-order valence-corrected chi connectivity index (χ0v) is 12.1. The van der Waals surface area contributed by atoms with Gasteiger partial charge in [0.2, 0.25) is 5.78 Å². The number of alkyl halides is 3. The van der Waals surface area contributed by atoms with Crippen LogP contribution >= 0.6 is 11.3 Å². The monoisotopic (exact) mass is 325 g/mol. The van der Waals surface area contributed by atoms with Crippen molar-refractivity contribution in [3.05, 3.63) is 52.6 Å². The third-order valence-corrected chi connectivity index (χ3v) is 3.90. The van der Waals surface area contributed by atoms with Gasteiger partial charge in [0.05, 0.1) is 11.4 Å². The SMILES string of the molecule is Cc1cn2c(C=CC(=O)c3ccc[nH]3)c(C(F)(F)F)nc2s1. The number of halogens is 3. The number of nitrogens with zero attached hydrogens (tertiary/aromatic N) is 2. The van der Waals surface area contributed by atoms with Crippen molar-refractivity contribution < 1.29 is 18.0 Å². The van der Waals surface area contributed by atoms with Gasteiger partial charge in [-0.1, -0.05) is 0 Å². The van der Waals surface area contributed by atoms with Crippen LogP contribution in [0.25, 0.3) is 11.0 Å². The Morgan fingerprint density at radius 1 is 1.45 bits per heavy atom. The van der Waals surface area contributed by atoms with Crippen LogP contribution in [0.2, 0.25) is 0 Å². The minimum atomic E-state index is -4.57. The molecule has 3 rings (SSSR count). The highest BCUT2D eigenvalue weighted by molar-refractivity contribution is 7.17. The number of aromatic nitrogens is 3. The van der Waals surface area contributed by atoms with E-state index >= 15 is 0 Å². The number of carbonyl (C=O) groups is 1. The lowest BCUT2D eigenvalue weighted by Gasteiger charge is -2.03. The van der Waals surface area contributed by atoms with Crippen molar-refractivity contribution in [1.82, 2.24) is 14.4 Å². The van der Waals surface area contributed by atoms with Crippen LogP contribution in [0.4, 0.5) is 13.2 Å². The number of aromatic amines is 1. The molecule has 0 saturated carbocycles. The van der Waals surface area contributed by atoms with Gasteiger partial charge in [0, 0.05) is 17.3 Å². The first kappa shape index (κ1) is 14.6. The van der Waals surface area contributed by atoms with Gasteiger partial charge in [-0.2, -0.15) is 13.2 Å². The molecule has 8 heteroatoms. The molecule has 0 aliphatic rings. The van der Waals surface area contributed by atoms with Crippen molar-refractivity contribution in [3.8, 4) is 0 Å². The summed E-state index contributed by atoms with van der Waals surface area (Å²) >= 11 is 1.16. The predicted molar refractivity (Wildman–Crippen MR) is 77.0 cm³/mol. The van der Waals surface area contributed by atoms with Gasteiger partial charge in [0.25, 0.3) is 0 Å². The third-order valence-electron chi connectivity index (χ3n) is 3.00. The third kappa shape index (κ3) is 2.57. The van der Waals surface area contributed by atoms with Crippen LogP contribution in [0, 0.1) is 6.92 Å². The maximum atomic E-state index is 13.1. The van der Waals surface area contributed by atoms with E-state index in [1.54, 1.807) is 31.5 Å². The van der Waals surface area contributed by atoms with E-state index in [9.17, 15) is 18.0 Å². The summed E-state index contributed by atoms with van der Waals surface area (Å²) in [5.41, 5.74) is -0.826. The minimum absolute atomic E-state index is 0.147. The maximum absolute atomic E-state index is 13.1. The van der Waals surface area contributed by atoms with Crippen LogP contribution < -0.4 is 0 Å². The van der Waals surface area contributed by atoms with Crippen LogP contribution in [0.1, 0.15) is 26.8 Å². The van der Waals surface area contributed by atoms with Gasteiger partial charge in [-0.25, -0.2) is 4.98 Å². The van der Waals surface area contributed by atoms with Crippen molar-refractivity contribution in [1.29, 1.82) is 0 Å². The smallest absolute Gasteiger partial charge is 0.359 e. The average Bonchev–Trinajstić information content (AvgIpc) is 3.10. The van der Waals surface area contributed by atoms with Crippen molar-refractivity contribution >= 4 is 28.2 Å². The van der Waals surface area contributed by atoms with E-state index in [-0.39, 0.29) is 10.7 Å². The summed E-state index contributed by atoms with van der Waals surface area (Å²) in [6.45, 7) is 1.78. The topological polar surface area (TPSA) is 50.2 Å². The predicted octanol–water partition coefficient (Wildman–Crippen LogP) is 3.95. The van der Waals surface area contributed by atoms with Crippen LogP contribution in [-0.2, 0) is 6.18 Å². The van der Waals surface area contributed by atoms with Gasteiger partial charge in [0.1, 0.15) is 0 Å². The molecule has 0 saturated heterocycles. The molecular formula is C14H10F3N3OS. The number of allylic oxidation sites excluding steroid dienone is 1. The molecule has 114 valence electrons. The average molecular weight is 325 g/mol. The highest BCUT2D eigenvalue weighted by Crippen LogP contribution is 2.34. The molecule has 0 amide bonds. The quantitative estimate of drug-likeness (QED) is 0.585. The molecule has 0 unspecified atom stereocenters. The summed E-state index contributed by atoms with van der Waals surface area (Å²) in [6, 6.07) is 3.19. The van der Waals surface area contributed by atoms with Crippen molar-refractivity contribution in [3.63, 3.8) is 0 Å². The minimum Gasteiger partial charge on any atom is -0.359 e. The fraction of sp³-hybridized carbons (Fsp3) is 0.143. The van der Waals surface area contributed by atoms with Crippen molar-refractivity contribution in [2.75, 3.05) is 0 Å². The molecule has 0 radical (unpaired) electrons. The number of ketones is 1. The molecule has 0 aliphatic heterocycles. The van der Waals surface area contributed by atoms with Crippen LogP contribution in [0.15, 0.2) is 30.6 Å². The molecule has 3 heterocycles. The van der Waals surface area contributed by atoms with Gasteiger partial charge in [-0.05, 0) is 31.2 Å². The number of carbonyl (C=O) groups excluding carboxylic acids is 1. The van der Waals surface area contributed by atoms with Crippen LogP contribution in [0.5, 0.6) is 0 Å². The van der Waals surface area contributed by atoms with E-state index in [0.717, 1.165) is 28.4 Å². The lowest BCUT2D eigenvalue weighted by Crippen LogP contribution is -2.08. The number of thiazole rings is 1.